The predicted molar refractivity (Wildman–Crippen MR) is 216 cm³/mol. The lowest BCUT2D eigenvalue weighted by molar-refractivity contribution is -0.148. The summed E-state index contributed by atoms with van der Waals surface area (Å²) < 4.78 is 40.1. The number of carbonyl (C=O) groups is 4. The van der Waals surface area contributed by atoms with Crippen LogP contribution in [0.1, 0.15) is 72.1 Å². The molecule has 7 rings (SSSR count). The van der Waals surface area contributed by atoms with Crippen LogP contribution in [-0.4, -0.2) is 96.5 Å². The Balaban J connectivity index is 1.22. The van der Waals surface area contributed by atoms with Crippen molar-refractivity contribution < 1.29 is 37.1 Å². The van der Waals surface area contributed by atoms with Gasteiger partial charge < -0.3 is 24.6 Å². The molecule has 0 radical (unpaired) electrons. The first kappa shape index (κ1) is 40.2. The zero-order valence-electron chi connectivity index (χ0n) is 33.2. The molecular formula is C43H53N5O8S. The van der Waals surface area contributed by atoms with E-state index < -0.39 is 62.0 Å². The van der Waals surface area contributed by atoms with Gasteiger partial charge in [-0.3, -0.25) is 23.9 Å². The van der Waals surface area contributed by atoms with Gasteiger partial charge in [0.25, 0.3) is 5.91 Å². The van der Waals surface area contributed by atoms with E-state index in [1.54, 1.807) is 7.11 Å². The predicted octanol–water partition coefficient (Wildman–Crippen LogP) is 4.99. The van der Waals surface area contributed by atoms with Crippen molar-refractivity contribution >= 4 is 44.6 Å². The van der Waals surface area contributed by atoms with Crippen molar-refractivity contribution in [1.29, 1.82) is 0 Å². The number of pyridine rings is 1. The molecular weight excluding hydrogens is 747 g/mol. The van der Waals surface area contributed by atoms with Gasteiger partial charge in [-0.25, -0.2) is 13.4 Å². The van der Waals surface area contributed by atoms with Crippen LogP contribution < -0.4 is 19.5 Å². The number of rotatable bonds is 13. The van der Waals surface area contributed by atoms with E-state index in [-0.39, 0.29) is 37.6 Å². The molecule has 57 heavy (non-hydrogen) atoms. The average Bonchev–Trinajstić information content (AvgIpc) is 4.13. The molecule has 2 saturated carbocycles. The van der Waals surface area contributed by atoms with Crippen LogP contribution in [0.3, 0.4) is 0 Å². The van der Waals surface area contributed by atoms with E-state index >= 15 is 0 Å². The monoisotopic (exact) mass is 799 g/mol. The summed E-state index contributed by atoms with van der Waals surface area (Å²) in [7, 11) is -2.33. The van der Waals surface area contributed by atoms with Crippen molar-refractivity contribution in [3.63, 3.8) is 0 Å². The molecule has 4 fully saturated rings. The minimum atomic E-state index is -3.90. The smallest absolute Gasteiger partial charge is 0.259 e. The number of fused-ring (bicyclic) bond motifs is 1. The van der Waals surface area contributed by atoms with Crippen molar-refractivity contribution in [2.24, 2.45) is 17.3 Å². The highest BCUT2D eigenvalue weighted by Gasteiger charge is 2.62. The minimum absolute atomic E-state index is 0.0160. The molecule has 1 aromatic heterocycles. The third kappa shape index (κ3) is 8.51. The average molecular weight is 800 g/mol. The van der Waals surface area contributed by atoms with Gasteiger partial charge in [-0.2, -0.15) is 0 Å². The number of hydrogen-bond acceptors (Lipinski definition) is 9. The lowest BCUT2D eigenvalue weighted by Crippen LogP contribution is -2.57. The van der Waals surface area contributed by atoms with Gasteiger partial charge in [-0.15, -0.1) is 6.58 Å². The molecule has 2 aromatic carbocycles. The molecule has 0 spiro atoms. The molecule has 2 aliphatic carbocycles. The first-order chi connectivity index (χ1) is 27.1. The molecule has 3 heterocycles. The van der Waals surface area contributed by atoms with Crippen LogP contribution in [0.5, 0.6) is 11.5 Å². The van der Waals surface area contributed by atoms with Crippen LogP contribution in [0.25, 0.3) is 22.2 Å². The number of ether oxygens (including phenoxy) is 2. The highest BCUT2D eigenvalue weighted by Crippen LogP contribution is 2.46. The van der Waals surface area contributed by atoms with Crippen LogP contribution in [0, 0.1) is 17.3 Å². The summed E-state index contributed by atoms with van der Waals surface area (Å²) in [5.41, 5.74) is 0.0269. The third-order valence-corrected chi connectivity index (χ3v) is 13.7. The van der Waals surface area contributed by atoms with E-state index in [1.165, 1.54) is 11.0 Å². The van der Waals surface area contributed by atoms with Crippen LogP contribution >= 0.6 is 0 Å². The maximum absolute atomic E-state index is 14.9. The molecule has 2 N–H and O–H groups in total. The number of hydrogen-bond donors (Lipinski definition) is 2. The second kappa shape index (κ2) is 15.8. The Morgan fingerprint density at radius 2 is 1.75 bits per heavy atom. The second-order valence-corrected chi connectivity index (χ2v) is 18.9. The van der Waals surface area contributed by atoms with Crippen molar-refractivity contribution in [3.8, 4) is 22.8 Å². The Hall–Kier alpha value is -4.98. The van der Waals surface area contributed by atoms with Crippen LogP contribution in [-0.2, 0) is 29.2 Å². The van der Waals surface area contributed by atoms with Gasteiger partial charge in [0, 0.05) is 48.9 Å². The van der Waals surface area contributed by atoms with Crippen molar-refractivity contribution in [3.05, 3.63) is 67.3 Å². The Kier molecular flexibility index (Phi) is 11.1. The third-order valence-electron chi connectivity index (χ3n) is 11.9. The summed E-state index contributed by atoms with van der Waals surface area (Å²) in [4.78, 5) is 64.9. The van der Waals surface area contributed by atoms with Crippen molar-refractivity contribution in [2.45, 2.75) is 95.1 Å². The highest BCUT2D eigenvalue weighted by molar-refractivity contribution is 7.91. The summed E-state index contributed by atoms with van der Waals surface area (Å²) in [6.45, 7) is 10.9. The topological polar surface area (TPSA) is 164 Å². The van der Waals surface area contributed by atoms with Crippen LogP contribution in [0.15, 0.2) is 67.3 Å². The minimum Gasteiger partial charge on any atom is -0.497 e. The van der Waals surface area contributed by atoms with E-state index in [9.17, 15) is 27.6 Å². The SMILES string of the molecule is C=CC1C[C@]1(NC(=O)[C@@H]1C[C@@H](Oc2cc(-c3ccccc3)nc3ccc(OC)cc23)CN1C(=O)[C@@H](CC(=O)N1CCCCC1)C(C)(C)C)C(=O)NS(=O)(=O)C1CC1. The Labute approximate surface area is 334 Å². The summed E-state index contributed by atoms with van der Waals surface area (Å²) in [6.07, 6.45) is 4.89. The number of aromatic nitrogens is 1. The zero-order chi connectivity index (χ0) is 40.7. The standard InChI is InChI=1S/C43H53N5O8S/c1-6-28-25-43(28,41(52)46-57(53,54)31-16-17-31)45-39(50)36-22-30(26-48(36)40(51)33(42(2,3)4)23-38(49)47-19-11-8-12-20-47)56-37-24-35(27-13-9-7-10-14-27)44-34-18-15-29(55-5)21-32(34)37/h6-7,9-10,13-15,18,21,24,28,30-31,33,36H,1,8,11-12,16-17,19-20,22-23,25-26H2,2-5H3,(H,45,50)(H,46,52)/t28?,30-,33-,36+,43-/m1/s1. The molecule has 14 heteroatoms. The van der Waals surface area contributed by atoms with Gasteiger partial charge in [-0.05, 0) is 62.1 Å². The number of carbonyl (C=O) groups excluding carboxylic acids is 4. The van der Waals surface area contributed by atoms with E-state index in [0.29, 0.717) is 54.0 Å². The van der Waals surface area contributed by atoms with Gasteiger partial charge in [0.15, 0.2) is 0 Å². The lowest BCUT2D eigenvalue weighted by atomic mass is 9.77. The number of amides is 4. The number of nitrogens with one attached hydrogen (secondary N) is 2. The molecule has 13 nitrogen and oxygen atoms in total. The van der Waals surface area contributed by atoms with Crippen LogP contribution in [0.4, 0.5) is 0 Å². The Morgan fingerprint density at radius 1 is 1.04 bits per heavy atom. The number of sulfonamides is 1. The summed E-state index contributed by atoms with van der Waals surface area (Å²) >= 11 is 0. The summed E-state index contributed by atoms with van der Waals surface area (Å²) in [6, 6.07) is 15.9. The summed E-state index contributed by atoms with van der Waals surface area (Å²) in [5.74, 6) is -2.08. The molecule has 304 valence electrons. The van der Waals surface area contributed by atoms with Gasteiger partial charge in [0.05, 0.1) is 36.0 Å². The zero-order valence-corrected chi connectivity index (χ0v) is 34.0. The number of piperidine rings is 1. The normalized spacial score (nSPS) is 24.0. The van der Waals surface area contributed by atoms with Crippen molar-refractivity contribution in [1.82, 2.24) is 24.8 Å². The lowest BCUT2D eigenvalue weighted by Gasteiger charge is -2.36. The molecule has 4 amide bonds. The fourth-order valence-electron chi connectivity index (χ4n) is 8.14. The van der Waals surface area contributed by atoms with E-state index in [2.05, 4.69) is 16.6 Å². The Morgan fingerprint density at radius 3 is 2.39 bits per heavy atom. The van der Waals surface area contributed by atoms with E-state index in [0.717, 1.165) is 24.8 Å². The number of likely N-dealkylation sites (tertiary alicyclic amines) is 2. The van der Waals surface area contributed by atoms with E-state index in [4.69, 9.17) is 14.5 Å². The highest BCUT2D eigenvalue weighted by atomic mass is 32.2. The number of benzene rings is 2. The quantitative estimate of drug-likeness (QED) is 0.227. The van der Waals surface area contributed by atoms with Crippen LogP contribution in [0.2, 0.25) is 0 Å². The second-order valence-electron chi connectivity index (χ2n) is 17.0. The molecule has 0 bridgehead atoms. The molecule has 1 unspecified atom stereocenters. The van der Waals surface area contributed by atoms with Gasteiger partial charge >= 0.3 is 0 Å². The molecule has 2 saturated heterocycles. The largest absolute Gasteiger partial charge is 0.497 e. The van der Waals surface area contributed by atoms with Crippen molar-refractivity contribution in [2.75, 3.05) is 26.7 Å². The maximum Gasteiger partial charge on any atom is 0.259 e. The fraction of sp³-hybridized carbons (Fsp3) is 0.512. The summed E-state index contributed by atoms with van der Waals surface area (Å²) in [5, 5.41) is 2.91. The first-order valence-electron chi connectivity index (χ1n) is 19.9. The van der Waals surface area contributed by atoms with Gasteiger partial charge in [0.1, 0.15) is 29.2 Å². The van der Waals surface area contributed by atoms with Gasteiger partial charge in [0.2, 0.25) is 27.7 Å². The number of nitrogens with zero attached hydrogens (tertiary/aromatic N) is 3. The molecule has 5 atom stereocenters. The first-order valence-corrected chi connectivity index (χ1v) is 21.5. The number of methoxy groups -OCH3 is 1. The van der Waals surface area contributed by atoms with Gasteiger partial charge in [-0.1, -0.05) is 57.2 Å². The fourth-order valence-corrected chi connectivity index (χ4v) is 9.50. The Bertz CT molecular complexity index is 2160. The van der Waals surface area contributed by atoms with E-state index in [1.807, 2.05) is 80.3 Å². The maximum atomic E-state index is 14.9. The molecule has 4 aliphatic rings. The molecule has 2 aliphatic heterocycles. The molecule has 3 aromatic rings.